The zero-order valence-electron chi connectivity index (χ0n) is 12.6. The molecular weight excluding hydrogens is 272 g/mol. The Labute approximate surface area is 124 Å². The van der Waals surface area contributed by atoms with E-state index in [0.29, 0.717) is 19.4 Å². The minimum absolute atomic E-state index is 0.376. The topological polar surface area (TPSA) is 78.9 Å². The normalized spacial score (nSPS) is 11.6. The van der Waals surface area contributed by atoms with Gasteiger partial charge >= 0.3 is 12.0 Å². The fourth-order valence-corrected chi connectivity index (χ4v) is 1.92. The van der Waals surface area contributed by atoms with Gasteiger partial charge in [0.15, 0.2) is 0 Å². The zero-order valence-corrected chi connectivity index (χ0v) is 12.6. The maximum absolute atomic E-state index is 12.0. The summed E-state index contributed by atoms with van der Waals surface area (Å²) >= 11 is 0. The third-order valence-corrected chi connectivity index (χ3v) is 3.07. The maximum Gasteiger partial charge on any atom is 0.326 e. The van der Waals surface area contributed by atoms with Crippen molar-refractivity contribution in [1.29, 1.82) is 0 Å². The van der Waals surface area contributed by atoms with Gasteiger partial charge in [-0.3, -0.25) is 0 Å². The van der Waals surface area contributed by atoms with Crippen LogP contribution in [0.25, 0.3) is 0 Å². The van der Waals surface area contributed by atoms with E-state index in [1.807, 2.05) is 31.2 Å². The molecule has 0 heterocycles. The molecule has 0 saturated carbocycles. The number of methoxy groups -OCH3 is 1. The van der Waals surface area contributed by atoms with Gasteiger partial charge in [0.1, 0.15) is 11.8 Å². The van der Waals surface area contributed by atoms with Gasteiger partial charge in [-0.2, -0.15) is 0 Å². The molecule has 1 aromatic carbocycles. The monoisotopic (exact) mass is 294 g/mol. The van der Waals surface area contributed by atoms with Gasteiger partial charge in [0.05, 0.1) is 7.11 Å². The molecule has 1 atom stereocenters. The van der Waals surface area contributed by atoms with Crippen LogP contribution in [0.3, 0.4) is 0 Å². The average molecular weight is 294 g/mol. The van der Waals surface area contributed by atoms with Gasteiger partial charge in [0.2, 0.25) is 0 Å². The molecule has 2 N–H and O–H groups in total. The molecule has 6 heteroatoms. The number of nitrogens with one attached hydrogen (secondary N) is 1. The second kappa shape index (κ2) is 8.14. The van der Waals surface area contributed by atoms with Crippen LogP contribution in [0.2, 0.25) is 0 Å². The lowest BCUT2D eigenvalue weighted by Crippen LogP contribution is -2.46. The van der Waals surface area contributed by atoms with E-state index in [4.69, 9.17) is 9.84 Å². The van der Waals surface area contributed by atoms with E-state index in [2.05, 4.69) is 5.32 Å². The lowest BCUT2D eigenvalue weighted by Gasteiger charge is -2.21. The Morgan fingerprint density at radius 3 is 2.71 bits per heavy atom. The van der Waals surface area contributed by atoms with Crippen LogP contribution in [0.1, 0.15) is 25.3 Å². The summed E-state index contributed by atoms with van der Waals surface area (Å²) in [6, 6.07) is 6.13. The van der Waals surface area contributed by atoms with Gasteiger partial charge < -0.3 is 20.1 Å². The Hall–Kier alpha value is -2.24. The third kappa shape index (κ3) is 5.33. The predicted octanol–water partition coefficient (Wildman–Crippen LogP) is 2.09. The minimum atomic E-state index is -1.01. The highest BCUT2D eigenvalue weighted by Gasteiger charge is 2.20. The number of urea groups is 1. The quantitative estimate of drug-likeness (QED) is 0.807. The molecule has 2 amide bonds. The van der Waals surface area contributed by atoms with E-state index in [1.165, 1.54) is 4.90 Å². The largest absolute Gasteiger partial charge is 0.497 e. The van der Waals surface area contributed by atoms with Gasteiger partial charge in [-0.15, -0.1) is 0 Å². The van der Waals surface area contributed by atoms with Gasteiger partial charge in [-0.05, 0) is 24.1 Å². The van der Waals surface area contributed by atoms with E-state index in [1.54, 1.807) is 14.2 Å². The average Bonchev–Trinajstić information content (AvgIpc) is 2.46. The molecule has 0 bridgehead atoms. The Morgan fingerprint density at radius 1 is 1.43 bits per heavy atom. The van der Waals surface area contributed by atoms with Crippen molar-refractivity contribution in [2.75, 3.05) is 14.2 Å². The van der Waals surface area contributed by atoms with Crippen LogP contribution < -0.4 is 10.1 Å². The highest BCUT2D eigenvalue weighted by Crippen LogP contribution is 2.14. The molecule has 0 aliphatic heterocycles. The molecule has 0 aliphatic carbocycles. The number of rotatable bonds is 7. The number of nitrogens with zero attached hydrogens (tertiary/aromatic N) is 1. The number of carboxylic acids is 1. The van der Waals surface area contributed by atoms with Crippen molar-refractivity contribution in [3.63, 3.8) is 0 Å². The van der Waals surface area contributed by atoms with Gasteiger partial charge in [0, 0.05) is 13.6 Å². The summed E-state index contributed by atoms with van der Waals surface area (Å²) in [5, 5.41) is 11.6. The molecule has 1 aromatic rings. The summed E-state index contributed by atoms with van der Waals surface area (Å²) in [5.41, 5.74) is 0.911. The lowest BCUT2D eigenvalue weighted by atomic mass is 10.2. The number of carbonyl (C=O) groups excluding carboxylic acids is 1. The summed E-state index contributed by atoms with van der Waals surface area (Å²) in [4.78, 5) is 24.5. The molecule has 0 saturated heterocycles. The van der Waals surface area contributed by atoms with Crippen LogP contribution in [-0.4, -0.2) is 42.2 Å². The molecule has 1 rings (SSSR count). The predicted molar refractivity (Wildman–Crippen MR) is 79.3 cm³/mol. The number of carboxylic acid groups (broad SMARTS) is 1. The van der Waals surface area contributed by atoms with Gasteiger partial charge in [-0.1, -0.05) is 25.5 Å². The number of amides is 2. The van der Waals surface area contributed by atoms with E-state index in [9.17, 15) is 9.59 Å². The van der Waals surface area contributed by atoms with Crippen molar-refractivity contribution in [3.05, 3.63) is 29.8 Å². The molecule has 0 unspecified atom stereocenters. The van der Waals surface area contributed by atoms with Crippen LogP contribution in [0.5, 0.6) is 5.75 Å². The van der Waals surface area contributed by atoms with Crippen LogP contribution in [0.15, 0.2) is 24.3 Å². The molecule has 0 aromatic heterocycles. The van der Waals surface area contributed by atoms with Crippen LogP contribution in [0.4, 0.5) is 4.79 Å². The number of carbonyl (C=O) groups is 2. The second-order valence-electron chi connectivity index (χ2n) is 4.84. The smallest absolute Gasteiger partial charge is 0.326 e. The van der Waals surface area contributed by atoms with Crippen molar-refractivity contribution in [3.8, 4) is 5.75 Å². The summed E-state index contributed by atoms with van der Waals surface area (Å²) in [7, 11) is 3.21. The fourth-order valence-electron chi connectivity index (χ4n) is 1.92. The van der Waals surface area contributed by atoms with Crippen molar-refractivity contribution < 1.29 is 19.4 Å². The number of hydrogen-bond donors (Lipinski definition) is 2. The van der Waals surface area contributed by atoms with Crippen molar-refractivity contribution in [2.24, 2.45) is 0 Å². The van der Waals surface area contributed by atoms with Crippen LogP contribution >= 0.6 is 0 Å². The Morgan fingerprint density at radius 2 is 2.14 bits per heavy atom. The number of ether oxygens (including phenoxy) is 1. The molecule has 0 spiro atoms. The van der Waals surface area contributed by atoms with E-state index in [0.717, 1.165) is 11.3 Å². The summed E-state index contributed by atoms with van der Waals surface area (Å²) in [6.07, 6.45) is 1.10. The van der Waals surface area contributed by atoms with E-state index < -0.39 is 18.0 Å². The number of hydrogen-bond acceptors (Lipinski definition) is 3. The van der Waals surface area contributed by atoms with Crippen LogP contribution in [0, 0.1) is 0 Å². The van der Waals surface area contributed by atoms with Crippen molar-refractivity contribution >= 4 is 12.0 Å². The SMILES string of the molecule is CCC[C@H](NC(=O)N(C)Cc1cccc(OC)c1)C(=O)O. The summed E-state index contributed by atoms with van der Waals surface area (Å²) in [5.74, 6) is -0.296. The molecule has 116 valence electrons. The Kier molecular flexibility index (Phi) is 6.52. The zero-order chi connectivity index (χ0) is 15.8. The molecule has 21 heavy (non-hydrogen) atoms. The molecule has 6 nitrogen and oxygen atoms in total. The number of aliphatic carboxylic acids is 1. The van der Waals surface area contributed by atoms with Crippen molar-refractivity contribution in [2.45, 2.75) is 32.4 Å². The molecule has 0 aliphatic rings. The first-order chi connectivity index (χ1) is 9.97. The molecular formula is C15H22N2O4. The highest BCUT2D eigenvalue weighted by atomic mass is 16.5. The minimum Gasteiger partial charge on any atom is -0.497 e. The molecule has 0 radical (unpaired) electrons. The van der Waals surface area contributed by atoms with E-state index >= 15 is 0 Å². The summed E-state index contributed by atoms with van der Waals surface area (Å²) < 4.78 is 5.13. The first-order valence-electron chi connectivity index (χ1n) is 6.85. The van der Waals surface area contributed by atoms with Gasteiger partial charge in [0.25, 0.3) is 0 Å². The van der Waals surface area contributed by atoms with Crippen LogP contribution in [-0.2, 0) is 11.3 Å². The highest BCUT2D eigenvalue weighted by molar-refractivity contribution is 5.82. The van der Waals surface area contributed by atoms with Crippen molar-refractivity contribution in [1.82, 2.24) is 10.2 Å². The van der Waals surface area contributed by atoms with E-state index in [-0.39, 0.29) is 0 Å². The second-order valence-corrected chi connectivity index (χ2v) is 4.84. The third-order valence-electron chi connectivity index (χ3n) is 3.07. The first kappa shape index (κ1) is 16.8. The lowest BCUT2D eigenvalue weighted by molar-refractivity contribution is -0.139. The fraction of sp³-hybridized carbons (Fsp3) is 0.467. The number of benzene rings is 1. The van der Waals surface area contributed by atoms with Gasteiger partial charge in [-0.25, -0.2) is 9.59 Å². The first-order valence-corrected chi connectivity index (χ1v) is 6.85. The maximum atomic E-state index is 12.0. The molecule has 0 fully saturated rings. The summed E-state index contributed by atoms with van der Waals surface area (Å²) in [6.45, 7) is 2.25. The Bertz CT molecular complexity index is 490. The standard InChI is InChI=1S/C15H22N2O4/c1-4-6-13(14(18)19)16-15(20)17(2)10-11-7-5-8-12(9-11)21-3/h5,7-9,13H,4,6,10H2,1-3H3,(H,16,20)(H,18,19)/t13-/m0/s1. The Balaban J connectivity index is 2.63.